The molecule has 0 radical (unpaired) electrons. The molecule has 4 nitrogen and oxygen atoms in total. The molecule has 114 valence electrons. The van der Waals surface area contributed by atoms with Crippen LogP contribution in [0.5, 0.6) is 0 Å². The van der Waals surface area contributed by atoms with Crippen LogP contribution in [0.2, 0.25) is 0 Å². The van der Waals surface area contributed by atoms with Crippen LogP contribution in [-0.2, 0) is 9.53 Å². The van der Waals surface area contributed by atoms with Crippen LogP contribution in [0.1, 0.15) is 73.1 Å². The number of aliphatic hydroxyl groups excluding tert-OH is 1. The van der Waals surface area contributed by atoms with E-state index in [2.05, 4.69) is 25.5 Å². The minimum atomic E-state index is -0.211. The first kappa shape index (κ1) is 26.1. The van der Waals surface area contributed by atoms with Crippen LogP contribution < -0.4 is 0 Å². The van der Waals surface area contributed by atoms with Gasteiger partial charge in [0.25, 0.3) is 0 Å². The number of ether oxygens (including phenoxy) is 1. The molecular formula is C14H34O4. The lowest BCUT2D eigenvalue weighted by atomic mass is 10.2. The van der Waals surface area contributed by atoms with Crippen LogP contribution in [0.4, 0.5) is 0 Å². The molecule has 0 saturated heterocycles. The summed E-state index contributed by atoms with van der Waals surface area (Å²) in [6.45, 7) is 10.5. The van der Waals surface area contributed by atoms with Crippen molar-refractivity contribution in [2.24, 2.45) is 0 Å². The summed E-state index contributed by atoms with van der Waals surface area (Å²) in [6, 6.07) is 0. The Labute approximate surface area is 113 Å². The van der Waals surface area contributed by atoms with Crippen molar-refractivity contribution in [3.05, 3.63) is 0 Å². The molecule has 0 spiro atoms. The molecule has 0 aliphatic carbocycles. The van der Waals surface area contributed by atoms with Crippen LogP contribution in [0.3, 0.4) is 0 Å². The Morgan fingerprint density at radius 3 is 1.39 bits per heavy atom. The number of unbranched alkanes of at least 4 members (excludes halogenated alkanes) is 4. The predicted molar refractivity (Wildman–Crippen MR) is 77.7 cm³/mol. The average molecular weight is 266 g/mol. The van der Waals surface area contributed by atoms with E-state index in [1.807, 2.05) is 0 Å². The second-order valence-corrected chi connectivity index (χ2v) is 3.71. The Hall–Kier alpha value is -0.610. The smallest absolute Gasteiger partial charge is 0.302 e. The standard InChI is InChI=1S/C6H14.C4H8O2.C4H10O.H2O/c1-3-5-6-4-2;1-3-6-4(2)5;1-2-3-4-5;/h3-6H2,1-2H3;3H2,1-2H3;5H,2-4H2,1H3;1H2. The lowest BCUT2D eigenvalue weighted by molar-refractivity contribution is -0.140. The molecule has 18 heavy (non-hydrogen) atoms. The van der Waals surface area contributed by atoms with Gasteiger partial charge in [0.05, 0.1) is 6.61 Å². The molecule has 0 rings (SSSR count). The summed E-state index contributed by atoms with van der Waals surface area (Å²) >= 11 is 0. The van der Waals surface area contributed by atoms with E-state index in [9.17, 15) is 4.79 Å². The van der Waals surface area contributed by atoms with E-state index in [4.69, 9.17) is 5.11 Å². The monoisotopic (exact) mass is 266 g/mol. The van der Waals surface area contributed by atoms with E-state index in [-0.39, 0.29) is 11.4 Å². The van der Waals surface area contributed by atoms with Crippen molar-refractivity contribution in [1.29, 1.82) is 0 Å². The molecule has 0 heterocycles. The van der Waals surface area contributed by atoms with Gasteiger partial charge in [0, 0.05) is 13.5 Å². The van der Waals surface area contributed by atoms with Crippen molar-refractivity contribution in [3.8, 4) is 0 Å². The zero-order chi connectivity index (χ0) is 13.9. The molecule has 4 heteroatoms. The third-order valence-corrected chi connectivity index (χ3v) is 1.82. The van der Waals surface area contributed by atoms with Crippen LogP contribution in [-0.4, -0.2) is 29.8 Å². The predicted octanol–water partition coefficient (Wildman–Crippen LogP) is 3.11. The fourth-order valence-corrected chi connectivity index (χ4v) is 0.861. The zero-order valence-electron chi connectivity index (χ0n) is 12.9. The minimum absolute atomic E-state index is 0. The van der Waals surface area contributed by atoms with Gasteiger partial charge in [0.15, 0.2) is 0 Å². The van der Waals surface area contributed by atoms with Gasteiger partial charge < -0.3 is 15.3 Å². The number of hydrogen-bond donors (Lipinski definition) is 1. The van der Waals surface area contributed by atoms with Gasteiger partial charge in [0.1, 0.15) is 0 Å². The van der Waals surface area contributed by atoms with E-state index < -0.39 is 0 Å². The zero-order valence-corrected chi connectivity index (χ0v) is 12.9. The molecule has 0 aromatic rings. The van der Waals surface area contributed by atoms with Gasteiger partial charge in [-0.2, -0.15) is 0 Å². The maximum atomic E-state index is 9.82. The number of hydrogen-bond acceptors (Lipinski definition) is 3. The topological polar surface area (TPSA) is 78.0 Å². The maximum Gasteiger partial charge on any atom is 0.302 e. The van der Waals surface area contributed by atoms with Crippen LogP contribution in [0.15, 0.2) is 0 Å². The van der Waals surface area contributed by atoms with E-state index in [1.54, 1.807) is 6.92 Å². The van der Waals surface area contributed by atoms with Gasteiger partial charge in [-0.15, -0.1) is 0 Å². The number of carbonyl (C=O) groups excluding carboxylic acids is 1. The first-order valence-electron chi connectivity index (χ1n) is 6.84. The number of carbonyl (C=O) groups is 1. The first-order chi connectivity index (χ1) is 8.10. The molecule has 0 atom stereocenters. The molecular weight excluding hydrogens is 232 g/mol. The molecule has 0 aromatic heterocycles. The molecule has 0 amide bonds. The third kappa shape index (κ3) is 58.4. The summed E-state index contributed by atoms with van der Waals surface area (Å²) < 4.78 is 4.40. The number of rotatable bonds is 6. The summed E-state index contributed by atoms with van der Waals surface area (Å²) in [7, 11) is 0. The summed E-state index contributed by atoms with van der Waals surface area (Å²) in [5.41, 5.74) is 0. The van der Waals surface area contributed by atoms with Crippen molar-refractivity contribution in [2.45, 2.75) is 73.1 Å². The van der Waals surface area contributed by atoms with Crippen LogP contribution >= 0.6 is 0 Å². The first-order valence-corrected chi connectivity index (χ1v) is 6.84. The number of aliphatic hydroxyl groups is 1. The summed E-state index contributed by atoms with van der Waals surface area (Å²) in [5.74, 6) is -0.211. The van der Waals surface area contributed by atoms with Crippen molar-refractivity contribution in [1.82, 2.24) is 0 Å². The highest BCUT2D eigenvalue weighted by Gasteiger charge is 1.81. The largest absolute Gasteiger partial charge is 0.466 e. The maximum absolute atomic E-state index is 9.82. The van der Waals surface area contributed by atoms with Crippen molar-refractivity contribution in [3.63, 3.8) is 0 Å². The Morgan fingerprint density at radius 2 is 1.33 bits per heavy atom. The lowest BCUT2D eigenvalue weighted by Crippen LogP contribution is -1.95. The van der Waals surface area contributed by atoms with Gasteiger partial charge in [-0.3, -0.25) is 4.79 Å². The van der Waals surface area contributed by atoms with Crippen molar-refractivity contribution in [2.75, 3.05) is 13.2 Å². The lowest BCUT2D eigenvalue weighted by Gasteiger charge is -1.89. The van der Waals surface area contributed by atoms with Gasteiger partial charge in [0.2, 0.25) is 0 Å². The minimum Gasteiger partial charge on any atom is -0.466 e. The van der Waals surface area contributed by atoms with E-state index in [0.29, 0.717) is 13.2 Å². The second-order valence-electron chi connectivity index (χ2n) is 3.71. The summed E-state index contributed by atoms with van der Waals surface area (Å²) in [4.78, 5) is 9.82. The molecule has 0 aliphatic heterocycles. The van der Waals surface area contributed by atoms with E-state index >= 15 is 0 Å². The Balaban J connectivity index is -0.0000000799. The molecule has 0 bridgehead atoms. The molecule has 0 unspecified atom stereocenters. The van der Waals surface area contributed by atoms with Crippen molar-refractivity contribution < 1.29 is 20.1 Å². The van der Waals surface area contributed by atoms with Crippen LogP contribution in [0.25, 0.3) is 0 Å². The fourth-order valence-electron chi connectivity index (χ4n) is 0.861. The highest BCUT2D eigenvalue weighted by Crippen LogP contribution is 1.95. The highest BCUT2D eigenvalue weighted by molar-refractivity contribution is 5.65. The van der Waals surface area contributed by atoms with Gasteiger partial charge in [-0.1, -0.05) is 52.9 Å². The Bertz CT molecular complexity index is 121. The molecule has 0 aliphatic rings. The normalized spacial score (nSPS) is 7.89. The Kier molecular flexibility index (Phi) is 43.3. The molecule has 0 saturated carbocycles. The average Bonchev–Trinajstić information content (AvgIpc) is 2.29. The highest BCUT2D eigenvalue weighted by atomic mass is 16.5. The Morgan fingerprint density at radius 1 is 0.944 bits per heavy atom. The van der Waals surface area contributed by atoms with Crippen molar-refractivity contribution >= 4 is 5.97 Å². The molecule has 0 fully saturated rings. The second kappa shape index (κ2) is 29.9. The quantitative estimate of drug-likeness (QED) is 0.592. The molecule has 3 N–H and O–H groups in total. The fraction of sp³-hybridized carbons (Fsp3) is 0.929. The SMILES string of the molecule is CCCCCC.CCCCO.CCOC(C)=O.O. The van der Waals surface area contributed by atoms with Gasteiger partial charge >= 0.3 is 5.97 Å². The van der Waals surface area contributed by atoms with Gasteiger partial charge in [-0.25, -0.2) is 0 Å². The van der Waals surface area contributed by atoms with Gasteiger partial charge in [-0.05, 0) is 13.3 Å². The third-order valence-electron chi connectivity index (χ3n) is 1.82. The molecule has 0 aromatic carbocycles. The van der Waals surface area contributed by atoms with E-state index in [1.165, 1.54) is 32.6 Å². The number of esters is 1. The van der Waals surface area contributed by atoms with E-state index in [0.717, 1.165) is 12.8 Å². The van der Waals surface area contributed by atoms with Crippen LogP contribution in [0, 0.1) is 0 Å². The summed E-state index contributed by atoms with van der Waals surface area (Å²) in [5, 5.41) is 8.07. The summed E-state index contributed by atoms with van der Waals surface area (Å²) in [6.07, 6.45) is 7.57.